The standard InChI is InChI=1S/C31H34N4O7S.C23H28N4O5S/c1-33-28(31(37)21-34(22-31)30(36)42-20-25-7-5-4-6-8-25)17-29(32-33)43(38,39)35(18-23-9-13-26(40-2)14-10-23)19-24-11-15-27(41-3)16-12-24;1-26-21(23(28)15-24-16-23)12-22(25-26)33(29,30)27(13-17-4-8-19(31-2)9-5-17)14-18-6-10-20(32-3)11-7-18/h4-17,37H,18-22H2,1-3H3;4-12,24,28H,13-16H2,1-3H3. The number of benzene rings is 5. The highest BCUT2D eigenvalue weighted by atomic mass is 32.2. The first-order valence-corrected chi connectivity index (χ1v) is 27.0. The number of hydrogen-bond acceptors (Lipinski definition) is 15. The number of aromatic nitrogens is 4. The molecular formula is C54H62N8O12S2. The maximum Gasteiger partial charge on any atom is 0.410 e. The van der Waals surface area contributed by atoms with Crippen LogP contribution in [-0.2, 0) is 82.9 Å². The van der Waals surface area contributed by atoms with E-state index in [1.54, 1.807) is 91.1 Å². The van der Waals surface area contributed by atoms with E-state index in [4.69, 9.17) is 23.7 Å². The largest absolute Gasteiger partial charge is 0.497 e. The normalized spacial score (nSPS) is 14.7. The van der Waals surface area contributed by atoms with Gasteiger partial charge >= 0.3 is 6.09 Å². The molecule has 4 heterocycles. The first kappa shape index (κ1) is 54.9. The molecule has 0 spiro atoms. The van der Waals surface area contributed by atoms with Crippen molar-refractivity contribution < 1.29 is 55.5 Å². The molecule has 0 saturated carbocycles. The summed E-state index contributed by atoms with van der Waals surface area (Å²) in [4.78, 5) is 13.9. The zero-order valence-corrected chi connectivity index (χ0v) is 44.7. The summed E-state index contributed by atoms with van der Waals surface area (Å²) in [6.07, 6.45) is -0.561. The average Bonchev–Trinajstić information content (AvgIpc) is 4.03. The molecular weight excluding hydrogens is 1020 g/mol. The van der Waals surface area contributed by atoms with E-state index in [0.717, 1.165) is 27.8 Å². The molecule has 76 heavy (non-hydrogen) atoms. The first-order valence-electron chi connectivity index (χ1n) is 24.1. The molecule has 2 aromatic heterocycles. The van der Waals surface area contributed by atoms with Gasteiger partial charge in [-0.15, -0.1) is 0 Å². The molecule has 2 aliphatic heterocycles. The zero-order chi connectivity index (χ0) is 54.3. The van der Waals surface area contributed by atoms with Gasteiger partial charge in [0.1, 0.15) is 40.8 Å². The van der Waals surface area contributed by atoms with Crippen molar-refractivity contribution >= 4 is 26.1 Å². The van der Waals surface area contributed by atoms with Crippen LogP contribution in [0.3, 0.4) is 0 Å². The van der Waals surface area contributed by atoms with Gasteiger partial charge in [-0.1, -0.05) is 78.9 Å². The Morgan fingerprint density at radius 2 is 0.882 bits per heavy atom. The predicted octanol–water partition coefficient (Wildman–Crippen LogP) is 5.29. The number of sulfonamides is 2. The molecule has 402 valence electrons. The summed E-state index contributed by atoms with van der Waals surface area (Å²) >= 11 is 0. The third-order valence-electron chi connectivity index (χ3n) is 13.2. The van der Waals surface area contributed by atoms with Crippen LogP contribution in [0.2, 0.25) is 0 Å². The van der Waals surface area contributed by atoms with E-state index in [2.05, 4.69) is 15.5 Å². The van der Waals surface area contributed by atoms with Crippen LogP contribution in [0.1, 0.15) is 39.2 Å². The lowest BCUT2D eigenvalue weighted by Crippen LogP contribution is -2.61. The lowest BCUT2D eigenvalue weighted by atomic mass is 9.91. The van der Waals surface area contributed by atoms with E-state index in [0.29, 0.717) is 41.8 Å². The number of amides is 1. The zero-order valence-electron chi connectivity index (χ0n) is 43.1. The van der Waals surface area contributed by atoms with Crippen LogP contribution >= 0.6 is 0 Å². The summed E-state index contributed by atoms with van der Waals surface area (Å²) < 4.78 is 87.1. The van der Waals surface area contributed by atoms with Crippen molar-refractivity contribution in [1.82, 2.24) is 38.4 Å². The van der Waals surface area contributed by atoms with Gasteiger partial charge in [0.25, 0.3) is 20.0 Å². The van der Waals surface area contributed by atoms with Crippen molar-refractivity contribution in [1.29, 1.82) is 0 Å². The van der Waals surface area contributed by atoms with Crippen LogP contribution in [-0.4, -0.2) is 121 Å². The van der Waals surface area contributed by atoms with Crippen molar-refractivity contribution in [3.8, 4) is 23.0 Å². The number of carbonyl (C=O) groups is 1. The third kappa shape index (κ3) is 12.5. The second kappa shape index (κ2) is 23.3. The Labute approximate surface area is 442 Å². The number of nitrogens with one attached hydrogen (secondary N) is 1. The number of aliphatic hydroxyl groups is 2. The van der Waals surface area contributed by atoms with Gasteiger partial charge in [0, 0.05) is 65.5 Å². The maximum absolute atomic E-state index is 14.0. The Bertz CT molecular complexity index is 3190. The van der Waals surface area contributed by atoms with E-state index in [9.17, 15) is 31.8 Å². The van der Waals surface area contributed by atoms with Crippen LogP contribution in [0.25, 0.3) is 0 Å². The topological polar surface area (TPSA) is 229 Å². The molecule has 22 heteroatoms. The van der Waals surface area contributed by atoms with Crippen molar-refractivity contribution in [2.75, 3.05) is 54.6 Å². The minimum atomic E-state index is -4.12. The molecule has 0 aliphatic carbocycles. The molecule has 9 rings (SSSR count). The van der Waals surface area contributed by atoms with E-state index >= 15 is 0 Å². The number of β-amino-alcohol motifs (C(OH)–C–C–N with tert-alkyl or cyclic N) is 2. The Kier molecular flexibility index (Phi) is 16.8. The molecule has 0 unspecified atom stereocenters. The molecule has 5 aromatic carbocycles. The Morgan fingerprint density at radius 1 is 0.539 bits per heavy atom. The van der Waals surface area contributed by atoms with Crippen molar-refractivity contribution in [3.05, 3.63) is 179 Å². The number of nitrogens with zero attached hydrogens (tertiary/aromatic N) is 7. The fourth-order valence-electron chi connectivity index (χ4n) is 8.69. The molecule has 1 amide bonds. The van der Waals surface area contributed by atoms with Crippen molar-refractivity contribution in [2.45, 2.75) is 54.0 Å². The van der Waals surface area contributed by atoms with E-state index < -0.39 is 37.3 Å². The number of ether oxygens (including phenoxy) is 5. The average molecular weight is 1080 g/mol. The number of aryl methyl sites for hydroxylation is 2. The molecule has 7 aromatic rings. The fraction of sp³-hybridized carbons (Fsp3) is 0.315. The molecule has 0 radical (unpaired) electrons. The van der Waals surface area contributed by atoms with Crippen LogP contribution in [0.5, 0.6) is 23.0 Å². The van der Waals surface area contributed by atoms with Crippen LogP contribution < -0.4 is 24.3 Å². The van der Waals surface area contributed by atoms with Crippen molar-refractivity contribution in [3.63, 3.8) is 0 Å². The second-order valence-corrected chi connectivity index (χ2v) is 22.3. The Balaban J connectivity index is 0.000000209. The summed E-state index contributed by atoms with van der Waals surface area (Å²) in [5.41, 5.74) is 2.15. The minimum Gasteiger partial charge on any atom is -0.497 e. The van der Waals surface area contributed by atoms with E-state index in [-0.39, 0.29) is 61.6 Å². The summed E-state index contributed by atoms with van der Waals surface area (Å²) in [6, 6.07) is 41.0. The Hall–Kier alpha value is -7.31. The smallest absolute Gasteiger partial charge is 0.410 e. The predicted molar refractivity (Wildman–Crippen MR) is 280 cm³/mol. The van der Waals surface area contributed by atoms with Gasteiger partial charge in [0.15, 0.2) is 10.1 Å². The molecule has 3 N–H and O–H groups in total. The van der Waals surface area contributed by atoms with Gasteiger partial charge in [0.2, 0.25) is 0 Å². The second-order valence-electron chi connectivity index (χ2n) is 18.5. The monoisotopic (exact) mass is 1080 g/mol. The summed E-state index contributed by atoms with van der Waals surface area (Å²) in [5, 5.41) is 33.3. The molecule has 0 atom stereocenters. The Morgan fingerprint density at radius 3 is 1.20 bits per heavy atom. The third-order valence-corrected chi connectivity index (χ3v) is 16.5. The van der Waals surface area contributed by atoms with Crippen LogP contribution in [0.15, 0.2) is 150 Å². The van der Waals surface area contributed by atoms with Gasteiger partial charge in [0.05, 0.1) is 52.9 Å². The summed E-state index contributed by atoms with van der Waals surface area (Å²) in [5.74, 6) is 2.71. The number of likely N-dealkylation sites (tertiary alicyclic amines) is 1. The molecule has 2 saturated heterocycles. The quantitative estimate of drug-likeness (QED) is 0.0882. The highest BCUT2D eigenvalue weighted by molar-refractivity contribution is 7.89. The highest BCUT2D eigenvalue weighted by Crippen LogP contribution is 2.35. The SMILES string of the molecule is COc1ccc(CN(Cc2ccc(OC)cc2)S(=O)(=O)c2cc(C3(O)CN(C(=O)OCc4ccccc4)C3)n(C)n2)cc1.COc1ccc(CN(Cc2ccc(OC)cc2)S(=O)(=O)c2cc(C3(O)CNC3)n(C)n2)cc1. The molecule has 0 bridgehead atoms. The highest BCUT2D eigenvalue weighted by Gasteiger charge is 2.49. The summed E-state index contributed by atoms with van der Waals surface area (Å²) in [7, 11) is 1.42. The van der Waals surface area contributed by atoms with Gasteiger partial charge in [-0.3, -0.25) is 9.36 Å². The van der Waals surface area contributed by atoms with Gasteiger partial charge in [-0.05, 0) is 76.3 Å². The van der Waals surface area contributed by atoms with Crippen molar-refractivity contribution in [2.24, 2.45) is 14.1 Å². The lowest BCUT2D eigenvalue weighted by Gasteiger charge is -2.45. The fourth-order valence-corrected chi connectivity index (χ4v) is 11.5. The number of methoxy groups -OCH3 is 4. The molecule has 2 aliphatic rings. The van der Waals surface area contributed by atoms with Gasteiger partial charge in [-0.25, -0.2) is 21.6 Å². The number of rotatable bonds is 20. The lowest BCUT2D eigenvalue weighted by molar-refractivity contribution is -0.0997. The van der Waals surface area contributed by atoms with Crippen LogP contribution in [0, 0.1) is 0 Å². The molecule has 20 nitrogen and oxygen atoms in total. The molecule has 2 fully saturated rings. The minimum absolute atomic E-state index is 0.0545. The van der Waals surface area contributed by atoms with Gasteiger partial charge < -0.3 is 44.1 Å². The van der Waals surface area contributed by atoms with E-state index in [1.165, 1.54) is 35.0 Å². The maximum atomic E-state index is 14.0. The summed E-state index contributed by atoms with van der Waals surface area (Å²) in [6.45, 7) is 1.17. The van der Waals surface area contributed by atoms with Gasteiger partial charge in [-0.2, -0.15) is 18.8 Å². The number of carbonyl (C=O) groups excluding carboxylic acids is 1. The van der Waals surface area contributed by atoms with E-state index in [1.807, 2.05) is 78.9 Å². The first-order chi connectivity index (χ1) is 36.4. The van der Waals surface area contributed by atoms with Crippen LogP contribution in [0.4, 0.5) is 4.79 Å². The number of hydrogen-bond donors (Lipinski definition) is 3.